The van der Waals surface area contributed by atoms with Gasteiger partial charge in [0.05, 0.1) is 7.11 Å². The van der Waals surface area contributed by atoms with Crippen molar-refractivity contribution >= 4 is 10.9 Å². The predicted octanol–water partition coefficient (Wildman–Crippen LogP) is 3.27. The number of methoxy groups -OCH3 is 1. The Hall–Kier alpha value is -1.48. The Morgan fingerprint density at radius 1 is 1.30 bits per heavy atom. The predicted molar refractivity (Wildman–Crippen MR) is 83.4 cm³/mol. The zero-order chi connectivity index (χ0) is 14.1. The minimum atomic E-state index is 0.194. The van der Waals surface area contributed by atoms with Gasteiger partial charge in [0, 0.05) is 29.2 Å². The van der Waals surface area contributed by atoms with Crippen LogP contribution in [-0.4, -0.2) is 17.7 Å². The van der Waals surface area contributed by atoms with Crippen molar-refractivity contribution in [2.75, 3.05) is 7.11 Å². The molecule has 1 aromatic heterocycles. The summed E-state index contributed by atoms with van der Waals surface area (Å²) in [7, 11) is 1.73. The molecule has 0 saturated heterocycles. The number of hydrogen-bond donors (Lipinski definition) is 1. The Morgan fingerprint density at radius 3 is 2.90 bits per heavy atom. The Bertz CT molecular complexity index is 613. The molecule has 0 fully saturated rings. The average molecular weight is 272 g/mol. The molecule has 1 atom stereocenters. The summed E-state index contributed by atoms with van der Waals surface area (Å²) in [5.74, 6) is 0.934. The molecule has 0 saturated carbocycles. The van der Waals surface area contributed by atoms with Crippen LogP contribution < -0.4 is 10.5 Å². The topological polar surface area (TPSA) is 40.2 Å². The third-order valence-electron chi connectivity index (χ3n) is 4.32. The molecule has 2 heterocycles. The molecule has 1 aliphatic rings. The number of nitrogens with two attached hydrogens (primary N) is 1. The molecule has 3 nitrogen and oxygen atoms in total. The van der Waals surface area contributed by atoms with Crippen LogP contribution in [0.25, 0.3) is 10.9 Å². The van der Waals surface area contributed by atoms with E-state index in [1.165, 1.54) is 47.8 Å². The highest BCUT2D eigenvalue weighted by Gasteiger charge is 2.19. The lowest BCUT2D eigenvalue weighted by molar-refractivity contribution is 0.415. The van der Waals surface area contributed by atoms with E-state index in [0.29, 0.717) is 0 Å². The molecule has 1 aromatic carbocycles. The number of nitrogens with zero attached hydrogens (tertiary/aromatic N) is 1. The van der Waals surface area contributed by atoms with Crippen LogP contribution in [0.5, 0.6) is 5.75 Å². The summed E-state index contributed by atoms with van der Waals surface area (Å²) >= 11 is 0. The smallest absolute Gasteiger partial charge is 0.119 e. The average Bonchev–Trinajstić information content (AvgIpc) is 2.61. The molecule has 3 rings (SSSR count). The lowest BCUT2D eigenvalue weighted by Gasteiger charge is -2.09. The zero-order valence-corrected chi connectivity index (χ0v) is 12.5. The first-order valence-electron chi connectivity index (χ1n) is 7.64. The summed E-state index contributed by atoms with van der Waals surface area (Å²) in [4.78, 5) is 0. The van der Waals surface area contributed by atoms with E-state index in [1.54, 1.807) is 7.11 Å². The lowest BCUT2D eigenvalue weighted by atomic mass is 10.0. The highest BCUT2D eigenvalue weighted by atomic mass is 16.5. The van der Waals surface area contributed by atoms with Crippen molar-refractivity contribution in [1.29, 1.82) is 0 Å². The van der Waals surface area contributed by atoms with Crippen molar-refractivity contribution < 1.29 is 4.74 Å². The van der Waals surface area contributed by atoms with Gasteiger partial charge in [-0.2, -0.15) is 0 Å². The maximum atomic E-state index is 6.08. The fraction of sp³-hybridized carbons (Fsp3) is 0.529. The molecule has 1 unspecified atom stereocenters. The van der Waals surface area contributed by atoms with Crippen molar-refractivity contribution in [3.63, 3.8) is 0 Å². The monoisotopic (exact) mass is 272 g/mol. The van der Waals surface area contributed by atoms with E-state index in [1.807, 2.05) is 0 Å². The number of hydrogen-bond acceptors (Lipinski definition) is 2. The summed E-state index contributed by atoms with van der Waals surface area (Å²) in [6.45, 7) is 3.23. The first-order chi connectivity index (χ1) is 9.70. The van der Waals surface area contributed by atoms with Crippen molar-refractivity contribution in [1.82, 2.24) is 4.57 Å². The first kappa shape index (κ1) is 13.5. The van der Waals surface area contributed by atoms with E-state index in [4.69, 9.17) is 10.5 Å². The maximum Gasteiger partial charge on any atom is 0.119 e. The van der Waals surface area contributed by atoms with Gasteiger partial charge in [-0.3, -0.25) is 0 Å². The van der Waals surface area contributed by atoms with E-state index in [-0.39, 0.29) is 6.04 Å². The number of aryl methyl sites for hydroxylation is 1. The van der Waals surface area contributed by atoms with Crippen LogP contribution in [0, 0.1) is 0 Å². The summed E-state index contributed by atoms with van der Waals surface area (Å²) in [5.41, 5.74) is 10.4. The van der Waals surface area contributed by atoms with E-state index in [2.05, 4.69) is 29.7 Å². The van der Waals surface area contributed by atoms with E-state index in [9.17, 15) is 0 Å². The standard InChI is InChI=1S/C17H24N2O/c1-12(18)10-14-15-11-13(20-2)7-8-17(15)19-9-5-3-4-6-16(14)19/h7-8,11-12H,3-6,9-10,18H2,1-2H3. The number of aromatic nitrogens is 1. The number of benzene rings is 1. The van der Waals surface area contributed by atoms with Gasteiger partial charge in [-0.15, -0.1) is 0 Å². The van der Waals surface area contributed by atoms with Gasteiger partial charge in [0.15, 0.2) is 0 Å². The SMILES string of the molecule is COc1ccc2c(c1)c(CC(C)N)c1n2CCCCC1. The molecule has 2 aromatic rings. The largest absolute Gasteiger partial charge is 0.497 e. The summed E-state index contributed by atoms with van der Waals surface area (Å²) < 4.78 is 7.91. The molecular formula is C17H24N2O. The second-order valence-corrected chi connectivity index (χ2v) is 5.95. The maximum absolute atomic E-state index is 6.08. The quantitative estimate of drug-likeness (QED) is 0.931. The van der Waals surface area contributed by atoms with Crippen LogP contribution in [0.3, 0.4) is 0 Å². The van der Waals surface area contributed by atoms with Crippen molar-refractivity contribution in [2.45, 2.75) is 51.6 Å². The van der Waals surface area contributed by atoms with Crippen LogP contribution in [0.4, 0.5) is 0 Å². The molecule has 0 spiro atoms. The van der Waals surface area contributed by atoms with E-state index >= 15 is 0 Å². The Labute approximate surface area is 120 Å². The minimum absolute atomic E-state index is 0.194. The fourth-order valence-electron chi connectivity index (χ4n) is 3.41. The number of rotatable bonds is 3. The third-order valence-corrected chi connectivity index (χ3v) is 4.32. The lowest BCUT2D eigenvalue weighted by Crippen LogP contribution is -2.18. The summed E-state index contributed by atoms with van der Waals surface area (Å²) in [6, 6.07) is 6.64. The number of fused-ring (bicyclic) bond motifs is 3. The van der Waals surface area contributed by atoms with Crippen LogP contribution in [0.1, 0.15) is 37.4 Å². The first-order valence-corrected chi connectivity index (χ1v) is 7.64. The summed E-state index contributed by atoms with van der Waals surface area (Å²) in [6.07, 6.45) is 6.03. The zero-order valence-electron chi connectivity index (χ0n) is 12.5. The Morgan fingerprint density at radius 2 is 2.15 bits per heavy atom. The molecule has 0 amide bonds. The van der Waals surface area contributed by atoms with E-state index in [0.717, 1.165) is 18.7 Å². The van der Waals surface area contributed by atoms with Gasteiger partial charge in [0.25, 0.3) is 0 Å². The minimum Gasteiger partial charge on any atom is -0.497 e. The van der Waals surface area contributed by atoms with Crippen molar-refractivity contribution in [3.8, 4) is 5.75 Å². The van der Waals surface area contributed by atoms with Crippen LogP contribution >= 0.6 is 0 Å². The van der Waals surface area contributed by atoms with Gasteiger partial charge >= 0.3 is 0 Å². The second kappa shape index (κ2) is 5.49. The van der Waals surface area contributed by atoms with Crippen molar-refractivity contribution in [3.05, 3.63) is 29.5 Å². The normalized spacial score (nSPS) is 16.8. The van der Waals surface area contributed by atoms with Crippen molar-refractivity contribution in [2.24, 2.45) is 5.73 Å². The fourth-order valence-corrected chi connectivity index (χ4v) is 3.41. The second-order valence-electron chi connectivity index (χ2n) is 5.95. The molecule has 20 heavy (non-hydrogen) atoms. The van der Waals surface area contributed by atoms with Gasteiger partial charge < -0.3 is 15.0 Å². The third kappa shape index (κ3) is 2.31. The molecule has 0 bridgehead atoms. The van der Waals surface area contributed by atoms with E-state index < -0.39 is 0 Å². The molecule has 1 aliphatic heterocycles. The molecule has 0 aliphatic carbocycles. The highest BCUT2D eigenvalue weighted by molar-refractivity contribution is 5.87. The molecule has 0 radical (unpaired) electrons. The van der Waals surface area contributed by atoms with Gasteiger partial charge in [-0.05, 0) is 56.4 Å². The molecule has 2 N–H and O–H groups in total. The van der Waals surface area contributed by atoms with Gasteiger partial charge in [-0.1, -0.05) is 6.42 Å². The highest BCUT2D eigenvalue weighted by Crippen LogP contribution is 2.33. The van der Waals surface area contributed by atoms with Gasteiger partial charge in [0.2, 0.25) is 0 Å². The van der Waals surface area contributed by atoms with Crippen LogP contribution in [0.2, 0.25) is 0 Å². The van der Waals surface area contributed by atoms with Crippen LogP contribution in [-0.2, 0) is 19.4 Å². The Kier molecular flexibility index (Phi) is 3.70. The Balaban J connectivity index is 2.22. The molecule has 3 heteroatoms. The van der Waals surface area contributed by atoms with Gasteiger partial charge in [0.1, 0.15) is 5.75 Å². The molecular weight excluding hydrogens is 248 g/mol. The molecule has 108 valence electrons. The number of ether oxygens (including phenoxy) is 1. The van der Waals surface area contributed by atoms with Gasteiger partial charge in [-0.25, -0.2) is 0 Å². The van der Waals surface area contributed by atoms with Crippen LogP contribution in [0.15, 0.2) is 18.2 Å². The summed E-state index contributed by atoms with van der Waals surface area (Å²) in [5, 5.41) is 1.33.